The summed E-state index contributed by atoms with van der Waals surface area (Å²) in [7, 11) is -4.06. The second kappa shape index (κ2) is 9.62. The number of azide groups is 1. The van der Waals surface area contributed by atoms with Gasteiger partial charge >= 0.3 is 5.69 Å². The van der Waals surface area contributed by atoms with Crippen LogP contribution in [0.4, 0.5) is 0 Å². The Bertz CT molecular complexity index is 1250. The van der Waals surface area contributed by atoms with Gasteiger partial charge in [0.05, 0.1) is 29.2 Å². The third kappa shape index (κ3) is 5.32. The lowest BCUT2D eigenvalue weighted by Crippen LogP contribution is -2.33. The number of hydrogen-bond donors (Lipinski definition) is 1. The van der Waals surface area contributed by atoms with Crippen molar-refractivity contribution in [3.8, 4) is 0 Å². The van der Waals surface area contributed by atoms with E-state index in [9.17, 15) is 18.0 Å². The number of H-pyrrole nitrogens is 1. The molecule has 3 rings (SSSR count). The summed E-state index contributed by atoms with van der Waals surface area (Å²) in [5.74, 6) is 0. The Labute approximate surface area is 185 Å². The van der Waals surface area contributed by atoms with E-state index in [0.717, 1.165) is 10.1 Å². The molecule has 13 heteroatoms. The van der Waals surface area contributed by atoms with Gasteiger partial charge in [0.15, 0.2) is 0 Å². The Morgan fingerprint density at radius 2 is 2.10 bits per heavy atom. The topological polar surface area (TPSA) is 156 Å². The zero-order chi connectivity index (χ0) is 22.6. The van der Waals surface area contributed by atoms with Crippen molar-refractivity contribution in [1.82, 2.24) is 9.55 Å². The van der Waals surface area contributed by atoms with Crippen molar-refractivity contribution >= 4 is 32.1 Å². The van der Waals surface area contributed by atoms with E-state index in [1.165, 1.54) is 29.4 Å². The van der Waals surface area contributed by atoms with Crippen LogP contribution in [0.25, 0.3) is 16.5 Å². The number of nitrogens with zero attached hydrogens (tertiary/aromatic N) is 4. The molecule has 0 spiro atoms. The molecule has 11 nitrogen and oxygen atoms in total. The van der Waals surface area contributed by atoms with Crippen molar-refractivity contribution in [3.63, 3.8) is 0 Å². The number of aromatic amines is 1. The summed E-state index contributed by atoms with van der Waals surface area (Å²) in [6.07, 6.45) is 1.03. The van der Waals surface area contributed by atoms with E-state index < -0.39 is 46.3 Å². The zero-order valence-electron chi connectivity index (χ0n) is 16.2. The molecule has 0 bridgehead atoms. The molecule has 1 saturated heterocycles. The third-order valence-corrected chi connectivity index (χ3v) is 6.21. The van der Waals surface area contributed by atoms with Gasteiger partial charge in [0.1, 0.15) is 6.23 Å². The molecule has 164 valence electrons. The van der Waals surface area contributed by atoms with Crippen LogP contribution in [0.1, 0.15) is 23.8 Å². The molecule has 1 aromatic carbocycles. The average molecular weight is 512 g/mol. The summed E-state index contributed by atoms with van der Waals surface area (Å²) >= 11 is 3.07. The number of aryl methyl sites for hydroxylation is 1. The lowest BCUT2D eigenvalue weighted by molar-refractivity contribution is -0.0214. The monoisotopic (exact) mass is 511 g/mol. The number of nitrogens with one attached hydrogen (secondary N) is 1. The van der Waals surface area contributed by atoms with E-state index in [2.05, 4.69) is 30.9 Å². The second-order valence-corrected chi connectivity index (χ2v) is 8.88. The maximum atomic E-state index is 12.4. The van der Waals surface area contributed by atoms with Gasteiger partial charge in [-0.3, -0.25) is 18.5 Å². The van der Waals surface area contributed by atoms with Gasteiger partial charge in [0.2, 0.25) is 0 Å². The molecule has 0 amide bonds. The van der Waals surface area contributed by atoms with Crippen LogP contribution in [0.15, 0.2) is 55.0 Å². The number of benzene rings is 1. The molecule has 0 radical (unpaired) electrons. The fraction of sp³-hybridized carbons (Fsp3) is 0.333. The van der Waals surface area contributed by atoms with Crippen LogP contribution in [-0.2, 0) is 19.0 Å². The summed E-state index contributed by atoms with van der Waals surface area (Å²) in [6.45, 7) is 1.41. The third-order valence-electron chi connectivity index (χ3n) is 4.65. The van der Waals surface area contributed by atoms with Crippen molar-refractivity contribution in [2.24, 2.45) is 5.11 Å². The van der Waals surface area contributed by atoms with Crippen LogP contribution < -0.4 is 11.2 Å². The Morgan fingerprint density at radius 3 is 2.74 bits per heavy atom. The smallest absolute Gasteiger partial charge is 0.330 e. The fourth-order valence-corrected chi connectivity index (χ4v) is 4.26. The lowest BCUT2D eigenvalue weighted by Gasteiger charge is -2.17. The standard InChI is InChI=1S/C18H18BrN5O6S/c1-11-2-4-13(5-3-11)31(27,28)29-10-15-14(22-23-20)8-16(30-15)24-9-12(6-7-19)17(25)21-18(24)26/h2-7,9,14-16H,8,10H2,1H3,(H,21,25,26)/b7-6+/t14-,15+,16+/m0/s1. The first-order valence-corrected chi connectivity index (χ1v) is 11.4. The predicted octanol–water partition coefficient (Wildman–Crippen LogP) is 2.58. The van der Waals surface area contributed by atoms with Crippen LogP contribution in [0.5, 0.6) is 0 Å². The molecule has 0 aliphatic carbocycles. The first kappa shape index (κ1) is 23.0. The van der Waals surface area contributed by atoms with Crippen LogP contribution in [0.2, 0.25) is 0 Å². The minimum Gasteiger partial charge on any atom is -0.352 e. The van der Waals surface area contributed by atoms with Gasteiger partial charge in [0, 0.05) is 17.5 Å². The summed E-state index contributed by atoms with van der Waals surface area (Å²) in [5, 5.41) is 3.64. The molecule has 2 heterocycles. The predicted molar refractivity (Wildman–Crippen MR) is 115 cm³/mol. The molecule has 0 saturated carbocycles. The molecule has 3 atom stereocenters. The lowest BCUT2D eigenvalue weighted by atomic mass is 10.1. The number of aromatic nitrogens is 2. The molecule has 0 unspecified atom stereocenters. The van der Waals surface area contributed by atoms with Crippen LogP contribution >= 0.6 is 15.9 Å². The van der Waals surface area contributed by atoms with Gasteiger partial charge in [-0.2, -0.15) is 8.42 Å². The number of hydrogen-bond acceptors (Lipinski definition) is 7. The van der Waals surface area contributed by atoms with E-state index in [1.54, 1.807) is 12.1 Å². The molecule has 1 aromatic heterocycles. The first-order valence-electron chi connectivity index (χ1n) is 9.03. The van der Waals surface area contributed by atoms with Gasteiger partial charge in [-0.15, -0.1) is 0 Å². The fourth-order valence-electron chi connectivity index (χ4n) is 3.05. The van der Waals surface area contributed by atoms with E-state index in [4.69, 9.17) is 14.5 Å². The van der Waals surface area contributed by atoms with E-state index in [1.807, 2.05) is 6.92 Å². The molecule has 1 N–H and O–H groups in total. The van der Waals surface area contributed by atoms with Gasteiger partial charge in [0.25, 0.3) is 15.7 Å². The molecule has 2 aromatic rings. The normalized spacial score (nSPS) is 21.3. The van der Waals surface area contributed by atoms with Gasteiger partial charge < -0.3 is 4.74 Å². The van der Waals surface area contributed by atoms with Crippen molar-refractivity contribution in [2.75, 3.05) is 6.61 Å². The number of ether oxygens (including phenoxy) is 1. The van der Waals surface area contributed by atoms with Crippen LogP contribution in [-0.4, -0.2) is 36.7 Å². The quantitative estimate of drug-likeness (QED) is 0.260. The van der Waals surface area contributed by atoms with Crippen LogP contribution in [0.3, 0.4) is 0 Å². The summed E-state index contributed by atoms with van der Waals surface area (Å²) < 4.78 is 36.9. The summed E-state index contributed by atoms with van der Waals surface area (Å²) in [5.41, 5.74) is 8.65. The maximum absolute atomic E-state index is 12.4. The Kier molecular flexibility index (Phi) is 7.13. The summed E-state index contributed by atoms with van der Waals surface area (Å²) in [4.78, 5) is 30.5. The highest BCUT2D eigenvalue weighted by Crippen LogP contribution is 2.31. The van der Waals surface area contributed by atoms with Crippen LogP contribution in [0, 0.1) is 6.92 Å². The Morgan fingerprint density at radius 1 is 1.39 bits per heavy atom. The number of halogens is 1. The molecular weight excluding hydrogens is 494 g/mol. The van der Waals surface area contributed by atoms with E-state index in [-0.39, 0.29) is 16.9 Å². The van der Waals surface area contributed by atoms with E-state index >= 15 is 0 Å². The molecule has 31 heavy (non-hydrogen) atoms. The second-order valence-electron chi connectivity index (χ2n) is 6.73. The molecular formula is C18H18BrN5O6S. The largest absolute Gasteiger partial charge is 0.352 e. The van der Waals surface area contributed by atoms with Crippen molar-refractivity contribution in [3.05, 3.63) is 77.9 Å². The Hall–Kier alpha value is -2.70. The molecule has 1 fully saturated rings. The first-order chi connectivity index (χ1) is 14.7. The minimum atomic E-state index is -4.06. The van der Waals surface area contributed by atoms with Crippen molar-refractivity contribution < 1.29 is 17.3 Å². The minimum absolute atomic E-state index is 0.0176. The maximum Gasteiger partial charge on any atom is 0.330 e. The average Bonchev–Trinajstić information content (AvgIpc) is 3.12. The molecule has 1 aliphatic heterocycles. The SMILES string of the molecule is Cc1ccc(S(=O)(=O)OC[C@H]2O[C@@H](n3cc(/C=C/Br)c(=O)[nH]c3=O)C[C@@H]2N=[N+]=[N-])cc1. The van der Waals surface area contributed by atoms with Gasteiger partial charge in [-0.05, 0) is 35.6 Å². The van der Waals surface area contributed by atoms with Crippen molar-refractivity contribution in [1.29, 1.82) is 0 Å². The van der Waals surface area contributed by atoms with Gasteiger partial charge in [-0.25, -0.2) is 4.79 Å². The van der Waals surface area contributed by atoms with E-state index in [0.29, 0.717) is 0 Å². The molecule has 1 aliphatic rings. The van der Waals surface area contributed by atoms with Crippen molar-refractivity contribution in [2.45, 2.75) is 36.6 Å². The number of rotatable bonds is 7. The highest BCUT2D eigenvalue weighted by molar-refractivity contribution is 9.11. The highest BCUT2D eigenvalue weighted by Gasteiger charge is 2.37. The Balaban J connectivity index is 1.82. The highest BCUT2D eigenvalue weighted by atomic mass is 79.9. The van der Waals surface area contributed by atoms with Gasteiger partial charge in [-0.1, -0.05) is 38.7 Å². The summed E-state index contributed by atoms with van der Waals surface area (Å²) in [6, 6.07) is 5.35. The zero-order valence-corrected chi connectivity index (χ0v) is 18.6.